The van der Waals surface area contributed by atoms with Crippen molar-refractivity contribution < 1.29 is 19.7 Å². The van der Waals surface area contributed by atoms with Gasteiger partial charge in [0.1, 0.15) is 19.0 Å². The van der Waals surface area contributed by atoms with E-state index < -0.39 is 24.4 Å². The molecule has 5 nitrogen and oxygen atoms in total. The van der Waals surface area contributed by atoms with Gasteiger partial charge in [-0.3, -0.25) is 4.79 Å². The molecule has 12 heavy (non-hydrogen) atoms. The minimum atomic E-state index is -0.672. The molecule has 0 aliphatic heterocycles. The Morgan fingerprint density at radius 1 is 1.33 bits per heavy atom. The van der Waals surface area contributed by atoms with E-state index >= 15 is 0 Å². The van der Waals surface area contributed by atoms with Crippen molar-refractivity contribution in [2.24, 2.45) is 0 Å². The lowest BCUT2D eigenvalue weighted by molar-refractivity contribution is 0.200. The molecule has 0 amide bonds. The molecular formula is C7H8O5. The van der Waals surface area contributed by atoms with E-state index in [-0.39, 0.29) is 11.5 Å². The average molecular weight is 172 g/mol. The second-order valence-corrected chi connectivity index (χ2v) is 2.16. The summed E-state index contributed by atoms with van der Waals surface area (Å²) in [5, 5.41) is 26.1. The summed E-state index contributed by atoms with van der Waals surface area (Å²) in [5.41, 5.74) is -0.672. The molecule has 0 spiro atoms. The quantitative estimate of drug-likeness (QED) is 0.550. The Morgan fingerprint density at radius 3 is 2.50 bits per heavy atom. The SMILES string of the molecule is O=c1cc(CO)oc(CO)c1O. The zero-order chi connectivity index (χ0) is 9.14. The molecule has 1 heterocycles. The second kappa shape index (κ2) is 3.38. The molecule has 66 valence electrons. The Kier molecular flexibility index (Phi) is 2.47. The van der Waals surface area contributed by atoms with Gasteiger partial charge in [0.25, 0.3) is 0 Å². The summed E-state index contributed by atoms with van der Waals surface area (Å²) in [6, 6.07) is 0.967. The molecule has 5 heteroatoms. The summed E-state index contributed by atoms with van der Waals surface area (Å²) in [5.74, 6) is -0.830. The fourth-order valence-corrected chi connectivity index (χ4v) is 0.773. The van der Waals surface area contributed by atoms with Crippen molar-refractivity contribution in [3.63, 3.8) is 0 Å². The van der Waals surface area contributed by atoms with Crippen molar-refractivity contribution >= 4 is 0 Å². The van der Waals surface area contributed by atoms with Gasteiger partial charge in [0.15, 0.2) is 5.76 Å². The van der Waals surface area contributed by atoms with E-state index in [0.29, 0.717) is 0 Å². The smallest absolute Gasteiger partial charge is 0.227 e. The van der Waals surface area contributed by atoms with Gasteiger partial charge in [0.2, 0.25) is 11.2 Å². The van der Waals surface area contributed by atoms with Crippen LogP contribution in [0.5, 0.6) is 5.75 Å². The minimum absolute atomic E-state index is 0.0156. The number of aliphatic hydroxyl groups excluding tert-OH is 2. The van der Waals surface area contributed by atoms with Crippen LogP contribution in [0.2, 0.25) is 0 Å². The lowest BCUT2D eigenvalue weighted by Crippen LogP contribution is -2.04. The predicted octanol–water partition coefficient (Wildman–Crippen LogP) is -0.670. The minimum Gasteiger partial charge on any atom is -0.502 e. The molecule has 0 fully saturated rings. The van der Waals surface area contributed by atoms with E-state index in [1.54, 1.807) is 0 Å². The standard InChI is InChI=1S/C7H8O5/c8-2-4-1-5(10)7(11)6(3-9)12-4/h1,8-9,11H,2-3H2. The van der Waals surface area contributed by atoms with Gasteiger partial charge >= 0.3 is 0 Å². The van der Waals surface area contributed by atoms with Crippen LogP contribution in [0.3, 0.4) is 0 Å². The summed E-state index contributed by atoms with van der Waals surface area (Å²) in [6.07, 6.45) is 0. The van der Waals surface area contributed by atoms with E-state index in [1.807, 2.05) is 0 Å². The van der Waals surface area contributed by atoms with Gasteiger partial charge < -0.3 is 19.7 Å². The summed E-state index contributed by atoms with van der Waals surface area (Å²) in [6.45, 7) is -1.02. The van der Waals surface area contributed by atoms with Gasteiger partial charge in [-0.1, -0.05) is 0 Å². The third kappa shape index (κ3) is 1.46. The monoisotopic (exact) mass is 172 g/mol. The molecule has 0 saturated carbocycles. The van der Waals surface area contributed by atoms with Gasteiger partial charge in [-0.25, -0.2) is 0 Å². The molecule has 3 N–H and O–H groups in total. The van der Waals surface area contributed by atoms with E-state index in [9.17, 15) is 4.79 Å². The van der Waals surface area contributed by atoms with E-state index in [0.717, 1.165) is 6.07 Å². The molecule has 0 radical (unpaired) electrons. The third-order valence-corrected chi connectivity index (χ3v) is 1.34. The molecule has 1 aromatic heterocycles. The van der Waals surface area contributed by atoms with Crippen molar-refractivity contribution in [2.45, 2.75) is 13.2 Å². The van der Waals surface area contributed by atoms with Gasteiger partial charge in [-0.2, -0.15) is 0 Å². The fourth-order valence-electron chi connectivity index (χ4n) is 0.773. The lowest BCUT2D eigenvalue weighted by atomic mass is 10.3. The first-order valence-corrected chi connectivity index (χ1v) is 3.25. The largest absolute Gasteiger partial charge is 0.502 e. The number of aromatic hydroxyl groups is 1. The summed E-state index contributed by atoms with van der Waals surface area (Å²) < 4.78 is 4.74. The van der Waals surface area contributed by atoms with Crippen LogP contribution < -0.4 is 5.43 Å². The number of aliphatic hydroxyl groups is 2. The highest BCUT2D eigenvalue weighted by Crippen LogP contribution is 2.12. The van der Waals surface area contributed by atoms with Crippen LogP contribution in [0.25, 0.3) is 0 Å². The van der Waals surface area contributed by atoms with Gasteiger partial charge in [-0.05, 0) is 0 Å². The first kappa shape index (κ1) is 8.76. The molecule has 0 aromatic carbocycles. The van der Waals surface area contributed by atoms with Gasteiger partial charge in [0.05, 0.1) is 0 Å². The normalized spacial score (nSPS) is 10.2. The highest BCUT2D eigenvalue weighted by molar-refractivity contribution is 5.23. The molecular weight excluding hydrogens is 164 g/mol. The van der Waals surface area contributed by atoms with Crippen molar-refractivity contribution in [3.05, 3.63) is 27.8 Å². The summed E-state index contributed by atoms with van der Waals surface area (Å²) in [7, 11) is 0. The van der Waals surface area contributed by atoms with Crippen LogP contribution in [0, 0.1) is 0 Å². The second-order valence-electron chi connectivity index (χ2n) is 2.16. The highest BCUT2D eigenvalue weighted by Gasteiger charge is 2.08. The summed E-state index contributed by atoms with van der Waals surface area (Å²) in [4.78, 5) is 10.8. The highest BCUT2D eigenvalue weighted by atomic mass is 16.4. The maximum atomic E-state index is 10.8. The lowest BCUT2D eigenvalue weighted by Gasteiger charge is -2.00. The van der Waals surface area contributed by atoms with E-state index in [4.69, 9.17) is 19.7 Å². The maximum absolute atomic E-state index is 10.8. The zero-order valence-corrected chi connectivity index (χ0v) is 6.15. The average Bonchev–Trinajstić information content (AvgIpc) is 2.09. The third-order valence-electron chi connectivity index (χ3n) is 1.34. The number of rotatable bonds is 2. The Morgan fingerprint density at radius 2 is 2.00 bits per heavy atom. The van der Waals surface area contributed by atoms with Gasteiger partial charge in [-0.15, -0.1) is 0 Å². The molecule has 1 rings (SSSR count). The maximum Gasteiger partial charge on any atom is 0.227 e. The predicted molar refractivity (Wildman–Crippen MR) is 38.5 cm³/mol. The molecule has 0 aliphatic carbocycles. The fraction of sp³-hybridized carbons (Fsp3) is 0.286. The van der Waals surface area contributed by atoms with Crippen molar-refractivity contribution in [1.29, 1.82) is 0 Å². The topological polar surface area (TPSA) is 90.9 Å². The molecule has 0 saturated heterocycles. The van der Waals surface area contributed by atoms with Gasteiger partial charge in [0, 0.05) is 6.07 Å². The Balaban J connectivity index is 3.29. The molecule has 0 atom stereocenters. The first-order valence-electron chi connectivity index (χ1n) is 3.25. The van der Waals surface area contributed by atoms with Crippen molar-refractivity contribution in [3.8, 4) is 5.75 Å². The van der Waals surface area contributed by atoms with Crippen LogP contribution in [-0.4, -0.2) is 15.3 Å². The van der Waals surface area contributed by atoms with Crippen molar-refractivity contribution in [1.82, 2.24) is 0 Å². The molecule has 0 bridgehead atoms. The van der Waals surface area contributed by atoms with Crippen LogP contribution in [-0.2, 0) is 13.2 Å². The molecule has 0 aliphatic rings. The van der Waals surface area contributed by atoms with E-state index in [2.05, 4.69) is 0 Å². The van der Waals surface area contributed by atoms with Crippen LogP contribution in [0.1, 0.15) is 11.5 Å². The number of hydrogen-bond donors (Lipinski definition) is 3. The Hall–Kier alpha value is -1.33. The van der Waals surface area contributed by atoms with Crippen molar-refractivity contribution in [2.75, 3.05) is 0 Å². The van der Waals surface area contributed by atoms with Crippen LogP contribution >= 0.6 is 0 Å². The first-order chi connectivity index (χ1) is 5.69. The zero-order valence-electron chi connectivity index (χ0n) is 6.15. The Bertz CT molecular complexity index is 327. The summed E-state index contributed by atoms with van der Waals surface area (Å²) >= 11 is 0. The van der Waals surface area contributed by atoms with E-state index in [1.165, 1.54) is 0 Å². The van der Waals surface area contributed by atoms with Crippen LogP contribution in [0.4, 0.5) is 0 Å². The molecule has 1 aromatic rings. The number of hydrogen-bond acceptors (Lipinski definition) is 5. The van der Waals surface area contributed by atoms with Crippen LogP contribution in [0.15, 0.2) is 15.3 Å². The molecule has 0 unspecified atom stereocenters. The Labute approximate surface area is 67.5 Å².